The van der Waals surface area contributed by atoms with E-state index < -0.39 is 78.4 Å². The van der Waals surface area contributed by atoms with E-state index >= 15 is 0 Å². The van der Waals surface area contributed by atoms with E-state index in [1.165, 1.54) is 23.2 Å². The number of hydrogen-bond donors (Lipinski definition) is 2. The van der Waals surface area contributed by atoms with Crippen LogP contribution in [0.4, 0.5) is 30.7 Å². The largest absolute Gasteiger partial charge is 0.417 e. The summed E-state index contributed by atoms with van der Waals surface area (Å²) in [7, 11) is 0. The zero-order valence-corrected chi connectivity index (χ0v) is 25.5. The minimum Gasteiger partial charge on any atom is -0.338 e. The average Bonchev–Trinajstić information content (AvgIpc) is 3.58. The molecule has 0 spiro atoms. The van der Waals surface area contributed by atoms with E-state index in [0.717, 1.165) is 34.7 Å². The fourth-order valence-corrected chi connectivity index (χ4v) is 6.09. The first-order valence-corrected chi connectivity index (χ1v) is 15.1. The van der Waals surface area contributed by atoms with Gasteiger partial charge in [-0.25, -0.2) is 14.4 Å². The van der Waals surface area contributed by atoms with Gasteiger partial charge in [0.05, 0.1) is 29.9 Å². The van der Waals surface area contributed by atoms with E-state index in [0.29, 0.717) is 23.1 Å². The number of halogens is 7. The van der Waals surface area contributed by atoms with Gasteiger partial charge in [0, 0.05) is 30.3 Å². The fraction of sp³-hybridized carbons (Fsp3) is 0.265. The number of fused-ring (bicyclic) bond motifs is 1. The Morgan fingerprint density at radius 1 is 0.959 bits per heavy atom. The first-order valence-electron chi connectivity index (χ1n) is 15.1. The Kier molecular flexibility index (Phi) is 8.63. The lowest BCUT2D eigenvalue weighted by atomic mass is 9.84. The minimum absolute atomic E-state index is 0.0396. The SMILES string of the molecule is N=C1N[C@](CCCC(F)(F)F)(c2ccc(F)cc2)C(=O)N1Cc1ccc(C(F)(F)F)c(C(=O)N2Cc3cnc(-c4ccccc4)nc3C2)c1. The number of guanidine groups is 1. The van der Waals surface area contributed by atoms with Crippen LogP contribution in [0.5, 0.6) is 0 Å². The molecule has 49 heavy (non-hydrogen) atoms. The van der Waals surface area contributed by atoms with Gasteiger partial charge in [-0.1, -0.05) is 48.5 Å². The molecule has 0 bridgehead atoms. The van der Waals surface area contributed by atoms with E-state index in [-0.39, 0.29) is 24.2 Å². The molecule has 1 saturated heterocycles. The Hall–Kier alpha value is -5.34. The number of nitrogens with one attached hydrogen (secondary N) is 2. The third-order valence-corrected chi connectivity index (χ3v) is 8.50. The molecule has 2 aliphatic rings. The van der Waals surface area contributed by atoms with Crippen molar-refractivity contribution in [1.29, 1.82) is 5.41 Å². The molecule has 0 unspecified atom stereocenters. The van der Waals surface area contributed by atoms with Crippen molar-refractivity contribution >= 4 is 17.8 Å². The van der Waals surface area contributed by atoms with Crippen LogP contribution in [0.25, 0.3) is 11.4 Å². The van der Waals surface area contributed by atoms with E-state index in [1.54, 1.807) is 24.3 Å². The number of nitrogens with zero attached hydrogens (tertiary/aromatic N) is 4. The number of hydrogen-bond acceptors (Lipinski definition) is 5. The second-order valence-electron chi connectivity index (χ2n) is 11.8. The van der Waals surface area contributed by atoms with Gasteiger partial charge in [0.1, 0.15) is 11.4 Å². The highest BCUT2D eigenvalue weighted by Gasteiger charge is 2.51. The molecule has 2 amide bonds. The number of rotatable bonds is 8. The summed E-state index contributed by atoms with van der Waals surface area (Å²) in [6, 6.07) is 16.3. The number of carbonyl (C=O) groups is 2. The zero-order valence-electron chi connectivity index (χ0n) is 25.5. The van der Waals surface area contributed by atoms with Crippen LogP contribution in [0.2, 0.25) is 0 Å². The van der Waals surface area contributed by atoms with Gasteiger partial charge in [-0.3, -0.25) is 19.9 Å². The van der Waals surface area contributed by atoms with E-state index in [1.807, 2.05) is 6.07 Å². The third-order valence-electron chi connectivity index (χ3n) is 8.50. The van der Waals surface area contributed by atoms with Crippen molar-refractivity contribution < 1.29 is 40.3 Å². The Labute approximate surface area is 275 Å². The Morgan fingerprint density at radius 2 is 1.67 bits per heavy atom. The van der Waals surface area contributed by atoms with Gasteiger partial charge in [0.15, 0.2) is 11.8 Å². The van der Waals surface area contributed by atoms with Gasteiger partial charge in [-0.05, 0) is 48.2 Å². The first-order chi connectivity index (χ1) is 23.1. The highest BCUT2D eigenvalue weighted by Crippen LogP contribution is 2.38. The lowest BCUT2D eigenvalue weighted by Crippen LogP contribution is -2.44. The second kappa shape index (κ2) is 12.6. The predicted molar refractivity (Wildman–Crippen MR) is 162 cm³/mol. The standard InChI is InChI=1S/C34H27F7N6O2/c35-24-10-8-23(9-11-24)32(13-4-14-33(36,37)38)30(49)47(31(42)45-32)17-20-7-12-26(34(39,40)41)25(15-20)29(48)46-18-22-16-43-28(44-27(22)19-46)21-5-2-1-3-6-21/h1-3,5-12,15-16H,4,13-14,17-19H2,(H2,42,45)/t32-/m1/s1. The smallest absolute Gasteiger partial charge is 0.338 e. The van der Waals surface area contributed by atoms with Crippen LogP contribution < -0.4 is 5.32 Å². The Balaban J connectivity index is 1.27. The van der Waals surface area contributed by atoms with Crippen molar-refractivity contribution in [2.75, 3.05) is 0 Å². The molecular weight excluding hydrogens is 657 g/mol. The molecule has 15 heteroatoms. The summed E-state index contributed by atoms with van der Waals surface area (Å²) in [4.78, 5) is 38.5. The maximum Gasteiger partial charge on any atom is 0.417 e. The van der Waals surface area contributed by atoms with Gasteiger partial charge < -0.3 is 10.2 Å². The van der Waals surface area contributed by atoms with Crippen LogP contribution in [-0.4, -0.2) is 43.7 Å². The summed E-state index contributed by atoms with van der Waals surface area (Å²) in [5, 5.41) is 11.1. The van der Waals surface area contributed by atoms with Crippen LogP contribution >= 0.6 is 0 Å². The first kappa shape index (κ1) is 33.6. The normalized spacial score (nSPS) is 17.8. The summed E-state index contributed by atoms with van der Waals surface area (Å²) in [5.74, 6) is -2.56. The van der Waals surface area contributed by atoms with Gasteiger partial charge in [0.2, 0.25) is 0 Å². The van der Waals surface area contributed by atoms with Gasteiger partial charge in [-0.2, -0.15) is 26.3 Å². The summed E-state index contributed by atoms with van der Waals surface area (Å²) >= 11 is 0. The van der Waals surface area contributed by atoms with Crippen molar-refractivity contribution in [3.63, 3.8) is 0 Å². The Morgan fingerprint density at radius 3 is 2.35 bits per heavy atom. The molecule has 0 aliphatic carbocycles. The second-order valence-corrected chi connectivity index (χ2v) is 11.8. The zero-order chi connectivity index (χ0) is 35.1. The number of alkyl halides is 6. The van der Waals surface area contributed by atoms with E-state index in [2.05, 4.69) is 15.3 Å². The number of aromatic nitrogens is 2. The third kappa shape index (κ3) is 6.82. The van der Waals surface area contributed by atoms with Gasteiger partial charge in [0.25, 0.3) is 11.8 Å². The molecule has 1 atom stereocenters. The summed E-state index contributed by atoms with van der Waals surface area (Å²) in [6.45, 7) is -0.588. The van der Waals surface area contributed by atoms with Crippen LogP contribution in [0, 0.1) is 11.2 Å². The minimum atomic E-state index is -4.91. The molecule has 1 fully saturated rings. The average molecular weight is 685 g/mol. The highest BCUT2D eigenvalue weighted by molar-refractivity contribution is 6.08. The lowest BCUT2D eigenvalue weighted by molar-refractivity contribution is -0.140. The van der Waals surface area contributed by atoms with Crippen molar-refractivity contribution in [3.8, 4) is 11.4 Å². The van der Waals surface area contributed by atoms with Crippen LogP contribution in [-0.2, 0) is 36.1 Å². The molecule has 4 aromatic rings. The quantitative estimate of drug-likeness (QED) is 0.196. The molecule has 254 valence electrons. The van der Waals surface area contributed by atoms with Crippen molar-refractivity contribution in [2.24, 2.45) is 0 Å². The van der Waals surface area contributed by atoms with Crippen molar-refractivity contribution in [1.82, 2.24) is 25.1 Å². The van der Waals surface area contributed by atoms with Crippen LogP contribution in [0.1, 0.15) is 57.6 Å². The van der Waals surface area contributed by atoms with Gasteiger partial charge >= 0.3 is 12.4 Å². The molecular formula is C34H27F7N6O2. The molecule has 0 radical (unpaired) electrons. The molecule has 6 rings (SSSR count). The highest BCUT2D eigenvalue weighted by atomic mass is 19.4. The monoisotopic (exact) mass is 684 g/mol. The predicted octanol–water partition coefficient (Wildman–Crippen LogP) is 6.95. The molecule has 2 N–H and O–H groups in total. The van der Waals surface area contributed by atoms with Crippen molar-refractivity contribution in [2.45, 2.75) is 56.8 Å². The van der Waals surface area contributed by atoms with Crippen molar-refractivity contribution in [3.05, 3.63) is 118 Å². The lowest BCUT2D eigenvalue weighted by Gasteiger charge is -2.28. The molecule has 8 nitrogen and oxygen atoms in total. The maximum atomic E-state index is 14.2. The molecule has 0 saturated carbocycles. The summed E-state index contributed by atoms with van der Waals surface area (Å²) < 4.78 is 95.3. The summed E-state index contributed by atoms with van der Waals surface area (Å²) in [5.41, 5.74) is -1.80. The van der Waals surface area contributed by atoms with E-state index in [4.69, 9.17) is 5.41 Å². The Bertz CT molecular complexity index is 1920. The number of carbonyl (C=O) groups excluding carboxylic acids is 2. The summed E-state index contributed by atoms with van der Waals surface area (Å²) in [6.07, 6.45) is -10.0. The van der Waals surface area contributed by atoms with Crippen LogP contribution in [0.15, 0.2) is 79.0 Å². The molecule has 3 heterocycles. The van der Waals surface area contributed by atoms with E-state index in [9.17, 15) is 40.3 Å². The van der Waals surface area contributed by atoms with Gasteiger partial charge in [-0.15, -0.1) is 0 Å². The molecule has 1 aromatic heterocycles. The molecule has 3 aromatic carbocycles. The topological polar surface area (TPSA) is 102 Å². The fourth-order valence-electron chi connectivity index (χ4n) is 6.09. The molecule has 2 aliphatic heterocycles. The number of benzene rings is 3. The maximum absolute atomic E-state index is 14.2. The number of amides is 2. The van der Waals surface area contributed by atoms with Crippen LogP contribution in [0.3, 0.4) is 0 Å².